The fraction of sp³-hybridized carbons (Fsp3) is 0.333. The molecule has 23 heavy (non-hydrogen) atoms. The van der Waals surface area contributed by atoms with Crippen molar-refractivity contribution in [3.63, 3.8) is 0 Å². The number of amides is 1. The number of hydrogen-bond acceptors (Lipinski definition) is 4. The molecule has 3 aromatic rings. The number of thiazole rings is 1. The molecular formula is C18H18N2O2S. The van der Waals surface area contributed by atoms with E-state index in [1.54, 1.807) is 17.6 Å². The maximum Gasteiger partial charge on any atom is 0.254 e. The van der Waals surface area contributed by atoms with Crippen molar-refractivity contribution in [1.82, 2.24) is 9.88 Å². The summed E-state index contributed by atoms with van der Waals surface area (Å²) < 4.78 is 6.66. The van der Waals surface area contributed by atoms with Gasteiger partial charge in [0.15, 0.2) is 0 Å². The van der Waals surface area contributed by atoms with Crippen molar-refractivity contribution in [2.24, 2.45) is 0 Å². The maximum atomic E-state index is 13.1. The van der Waals surface area contributed by atoms with Gasteiger partial charge in [-0.3, -0.25) is 4.79 Å². The lowest BCUT2D eigenvalue weighted by atomic mass is 10.1. The van der Waals surface area contributed by atoms with E-state index in [2.05, 4.69) is 4.98 Å². The van der Waals surface area contributed by atoms with Crippen LogP contribution in [0.15, 0.2) is 46.5 Å². The Labute approximate surface area is 138 Å². The standard InChI is InChI=1S/C18H18N2O2S/c21-18(13-7-8-14-17(11-13)23-12-19-14)20-9-3-1-2-5-15(20)16-6-4-10-22-16/h4,6-8,10-12,15H,1-3,5,9H2. The lowest BCUT2D eigenvalue weighted by Gasteiger charge is -2.28. The molecule has 1 unspecified atom stereocenters. The van der Waals surface area contributed by atoms with E-state index in [9.17, 15) is 4.79 Å². The molecule has 3 heterocycles. The molecule has 5 heteroatoms. The molecule has 1 aromatic carbocycles. The number of hydrogen-bond donors (Lipinski definition) is 0. The number of likely N-dealkylation sites (tertiary alicyclic amines) is 1. The Morgan fingerprint density at radius 2 is 2.22 bits per heavy atom. The zero-order chi connectivity index (χ0) is 15.6. The number of aromatic nitrogens is 1. The van der Waals surface area contributed by atoms with E-state index in [1.807, 2.05) is 40.7 Å². The second-order valence-electron chi connectivity index (χ2n) is 5.91. The molecule has 0 radical (unpaired) electrons. The fourth-order valence-electron chi connectivity index (χ4n) is 3.28. The number of carbonyl (C=O) groups excluding carboxylic acids is 1. The molecule has 1 amide bonds. The van der Waals surface area contributed by atoms with E-state index in [0.29, 0.717) is 0 Å². The van der Waals surface area contributed by atoms with Gasteiger partial charge in [0.1, 0.15) is 5.76 Å². The summed E-state index contributed by atoms with van der Waals surface area (Å²) in [7, 11) is 0. The molecule has 2 aromatic heterocycles. The minimum Gasteiger partial charge on any atom is -0.467 e. The van der Waals surface area contributed by atoms with Crippen molar-refractivity contribution >= 4 is 27.5 Å². The van der Waals surface area contributed by atoms with E-state index in [4.69, 9.17) is 4.42 Å². The molecule has 1 fully saturated rings. The maximum absolute atomic E-state index is 13.1. The Morgan fingerprint density at radius 3 is 3.09 bits per heavy atom. The summed E-state index contributed by atoms with van der Waals surface area (Å²) in [5, 5.41) is 0. The van der Waals surface area contributed by atoms with Crippen molar-refractivity contribution in [1.29, 1.82) is 0 Å². The third kappa shape index (κ3) is 2.77. The molecule has 0 saturated carbocycles. The first-order chi connectivity index (χ1) is 11.3. The number of rotatable bonds is 2. The van der Waals surface area contributed by atoms with Gasteiger partial charge in [0.25, 0.3) is 5.91 Å². The average molecular weight is 326 g/mol. The molecule has 1 aliphatic heterocycles. The van der Waals surface area contributed by atoms with Crippen molar-refractivity contribution in [2.45, 2.75) is 31.7 Å². The Balaban J connectivity index is 1.68. The molecular weight excluding hydrogens is 308 g/mol. The number of furan rings is 1. The SMILES string of the molecule is O=C(c1ccc2ncsc2c1)N1CCCCCC1c1ccco1. The first-order valence-corrected chi connectivity index (χ1v) is 8.88. The number of carbonyl (C=O) groups is 1. The summed E-state index contributed by atoms with van der Waals surface area (Å²) in [6.45, 7) is 0.783. The monoisotopic (exact) mass is 326 g/mol. The second kappa shape index (κ2) is 6.16. The average Bonchev–Trinajstić information content (AvgIpc) is 3.21. The molecule has 0 bridgehead atoms. The van der Waals surface area contributed by atoms with Crippen LogP contribution in [-0.2, 0) is 0 Å². The Hall–Kier alpha value is -2.14. The normalized spacial score (nSPS) is 19.0. The highest BCUT2D eigenvalue weighted by atomic mass is 32.1. The highest BCUT2D eigenvalue weighted by Crippen LogP contribution is 2.32. The summed E-state index contributed by atoms with van der Waals surface area (Å²) in [6, 6.07) is 9.68. The van der Waals surface area contributed by atoms with Crippen molar-refractivity contribution in [3.8, 4) is 0 Å². The molecule has 1 atom stereocenters. The molecule has 0 N–H and O–H groups in total. The summed E-state index contributed by atoms with van der Waals surface area (Å²) >= 11 is 1.57. The van der Waals surface area contributed by atoms with Gasteiger partial charge in [0.2, 0.25) is 0 Å². The van der Waals surface area contributed by atoms with Gasteiger partial charge in [0.05, 0.1) is 28.0 Å². The minimum absolute atomic E-state index is 0.0390. The summed E-state index contributed by atoms with van der Waals surface area (Å²) in [6.07, 6.45) is 5.98. The number of benzene rings is 1. The van der Waals surface area contributed by atoms with Gasteiger partial charge in [0, 0.05) is 12.1 Å². The van der Waals surface area contributed by atoms with Crippen molar-refractivity contribution in [3.05, 3.63) is 53.4 Å². The number of nitrogens with zero attached hydrogens (tertiary/aromatic N) is 2. The lowest BCUT2D eigenvalue weighted by molar-refractivity contribution is 0.0658. The van der Waals surface area contributed by atoms with Gasteiger partial charge in [-0.15, -0.1) is 11.3 Å². The first-order valence-electron chi connectivity index (χ1n) is 8.00. The molecule has 0 aliphatic carbocycles. The van der Waals surface area contributed by atoms with Gasteiger partial charge in [-0.2, -0.15) is 0 Å². The third-order valence-electron chi connectivity index (χ3n) is 4.46. The van der Waals surface area contributed by atoms with Crippen LogP contribution >= 0.6 is 11.3 Å². The Kier molecular flexibility index (Phi) is 3.87. The minimum atomic E-state index is 0.0390. The van der Waals surface area contributed by atoms with Crippen LogP contribution in [0.5, 0.6) is 0 Å². The van der Waals surface area contributed by atoms with Crippen molar-refractivity contribution in [2.75, 3.05) is 6.54 Å². The van der Waals surface area contributed by atoms with Crippen LogP contribution in [0.3, 0.4) is 0 Å². The zero-order valence-corrected chi connectivity index (χ0v) is 13.6. The molecule has 118 valence electrons. The van der Waals surface area contributed by atoms with E-state index < -0.39 is 0 Å². The van der Waals surface area contributed by atoms with Gasteiger partial charge in [-0.05, 0) is 43.2 Å². The highest BCUT2D eigenvalue weighted by Gasteiger charge is 2.29. The number of fused-ring (bicyclic) bond motifs is 1. The van der Waals surface area contributed by atoms with Crippen LogP contribution in [0, 0.1) is 0 Å². The Bertz CT molecular complexity index is 809. The second-order valence-corrected chi connectivity index (χ2v) is 6.80. The lowest BCUT2D eigenvalue weighted by Crippen LogP contribution is -2.34. The van der Waals surface area contributed by atoms with Gasteiger partial charge >= 0.3 is 0 Å². The summed E-state index contributed by atoms with van der Waals surface area (Å²) in [4.78, 5) is 19.4. The van der Waals surface area contributed by atoms with Crippen LogP contribution in [0.25, 0.3) is 10.2 Å². The predicted octanol–water partition coefficient (Wildman–Crippen LogP) is 4.65. The van der Waals surface area contributed by atoms with Crippen LogP contribution in [0.4, 0.5) is 0 Å². The molecule has 1 aliphatic rings. The van der Waals surface area contributed by atoms with E-state index >= 15 is 0 Å². The van der Waals surface area contributed by atoms with Gasteiger partial charge in [-0.1, -0.05) is 12.8 Å². The molecule has 1 saturated heterocycles. The zero-order valence-electron chi connectivity index (χ0n) is 12.8. The smallest absolute Gasteiger partial charge is 0.254 e. The topological polar surface area (TPSA) is 46.3 Å². The van der Waals surface area contributed by atoms with Crippen molar-refractivity contribution < 1.29 is 9.21 Å². The van der Waals surface area contributed by atoms with Crippen LogP contribution in [0.1, 0.15) is 47.8 Å². The van der Waals surface area contributed by atoms with E-state index in [1.165, 1.54) is 0 Å². The fourth-order valence-corrected chi connectivity index (χ4v) is 4.00. The Morgan fingerprint density at radius 1 is 1.26 bits per heavy atom. The van der Waals surface area contributed by atoms with Crippen LogP contribution in [-0.4, -0.2) is 22.3 Å². The van der Waals surface area contributed by atoms with E-state index in [-0.39, 0.29) is 11.9 Å². The van der Waals surface area contributed by atoms with Crippen LogP contribution < -0.4 is 0 Å². The predicted molar refractivity (Wildman–Crippen MR) is 90.6 cm³/mol. The first kappa shape index (κ1) is 14.5. The largest absolute Gasteiger partial charge is 0.467 e. The van der Waals surface area contributed by atoms with E-state index in [0.717, 1.165) is 53.8 Å². The van der Waals surface area contributed by atoms with Gasteiger partial charge in [-0.25, -0.2) is 4.98 Å². The quantitative estimate of drug-likeness (QED) is 0.689. The summed E-state index contributed by atoms with van der Waals surface area (Å²) in [5.74, 6) is 0.975. The summed E-state index contributed by atoms with van der Waals surface area (Å²) in [5.41, 5.74) is 3.50. The van der Waals surface area contributed by atoms with Crippen LogP contribution in [0.2, 0.25) is 0 Å². The highest BCUT2D eigenvalue weighted by molar-refractivity contribution is 7.16. The molecule has 4 rings (SSSR count). The third-order valence-corrected chi connectivity index (χ3v) is 5.26. The van der Waals surface area contributed by atoms with Gasteiger partial charge < -0.3 is 9.32 Å². The molecule has 0 spiro atoms. The molecule has 4 nitrogen and oxygen atoms in total.